The predicted molar refractivity (Wildman–Crippen MR) is 281 cm³/mol. The van der Waals surface area contributed by atoms with Crippen LogP contribution in [0.5, 0.6) is 11.8 Å². The standard InChI is InChI=1S/C57H70N6O6Si/c1-56(2,3)69-55(64)62-30-31-63(45(39-62)42-68-70(57(4,5)6,47-22-12-8-13-23-47)48-24-14-9-15-25-48)53-50-27-29-61(40-51(50)58-54(59-53)66-34-18-28-60-32-35-65-36-33-60)52-38-46(37-44-21-16-17-26-49(44)52)67-41-43-19-10-7-11-20-43/h7-17,19-26,37-38,45H,18,27-36,39-42H2,1-6H3. The van der Waals surface area contributed by atoms with Crippen molar-refractivity contribution in [3.05, 3.63) is 144 Å². The fourth-order valence-electron chi connectivity index (χ4n) is 10.3. The third-order valence-corrected chi connectivity index (χ3v) is 18.7. The van der Waals surface area contributed by atoms with Gasteiger partial charge < -0.3 is 38.1 Å². The molecule has 12 nitrogen and oxygen atoms in total. The predicted octanol–water partition coefficient (Wildman–Crippen LogP) is 8.87. The van der Waals surface area contributed by atoms with E-state index in [1.165, 1.54) is 10.4 Å². The van der Waals surface area contributed by atoms with Crippen molar-refractivity contribution >= 4 is 47.1 Å². The van der Waals surface area contributed by atoms with Crippen molar-refractivity contribution in [1.29, 1.82) is 0 Å². The van der Waals surface area contributed by atoms with Crippen LogP contribution < -0.4 is 29.6 Å². The van der Waals surface area contributed by atoms with Gasteiger partial charge in [-0.1, -0.05) is 136 Å². The van der Waals surface area contributed by atoms with Gasteiger partial charge in [0, 0.05) is 68.5 Å². The molecule has 0 bridgehead atoms. The number of hydrogen-bond donors (Lipinski definition) is 0. The molecule has 1 aromatic heterocycles. The summed E-state index contributed by atoms with van der Waals surface area (Å²) < 4.78 is 32.3. The molecule has 0 saturated carbocycles. The highest BCUT2D eigenvalue weighted by molar-refractivity contribution is 6.99. The Kier molecular flexibility index (Phi) is 15.1. The molecule has 1 atom stereocenters. The molecule has 4 heterocycles. The number of rotatable bonds is 15. The van der Waals surface area contributed by atoms with Crippen molar-refractivity contribution in [2.24, 2.45) is 0 Å². The van der Waals surface area contributed by atoms with Gasteiger partial charge in [0.2, 0.25) is 0 Å². The Morgan fingerprint density at radius 2 is 1.43 bits per heavy atom. The van der Waals surface area contributed by atoms with Crippen LogP contribution in [0.15, 0.2) is 127 Å². The van der Waals surface area contributed by atoms with Crippen LogP contribution in [0.25, 0.3) is 10.8 Å². The molecule has 6 aromatic rings. The van der Waals surface area contributed by atoms with E-state index in [0.717, 1.165) is 90.7 Å². The summed E-state index contributed by atoms with van der Waals surface area (Å²) in [5.41, 5.74) is 3.61. The van der Waals surface area contributed by atoms with Gasteiger partial charge in [-0.25, -0.2) is 4.79 Å². The summed E-state index contributed by atoms with van der Waals surface area (Å²) in [4.78, 5) is 33.6. The molecule has 70 heavy (non-hydrogen) atoms. The molecular formula is C57H70N6O6Si. The van der Waals surface area contributed by atoms with Gasteiger partial charge in [0.15, 0.2) is 0 Å². The van der Waals surface area contributed by atoms with Crippen LogP contribution in [0, 0.1) is 0 Å². The lowest BCUT2D eigenvalue weighted by Gasteiger charge is -2.47. The summed E-state index contributed by atoms with van der Waals surface area (Å²) >= 11 is 0. The molecule has 2 saturated heterocycles. The molecule has 0 aliphatic carbocycles. The van der Waals surface area contributed by atoms with Crippen molar-refractivity contribution in [2.75, 3.05) is 82.0 Å². The first kappa shape index (κ1) is 49.0. The molecule has 3 aliphatic heterocycles. The summed E-state index contributed by atoms with van der Waals surface area (Å²) in [5, 5.41) is 4.44. The number of carbonyl (C=O) groups excluding carboxylic acids is 1. The average Bonchev–Trinajstić information content (AvgIpc) is 3.37. The van der Waals surface area contributed by atoms with Crippen LogP contribution in [0.4, 0.5) is 16.3 Å². The third-order valence-electron chi connectivity index (χ3n) is 13.7. The van der Waals surface area contributed by atoms with E-state index in [0.29, 0.717) is 58.4 Å². The molecule has 9 rings (SSSR count). The first-order valence-corrected chi connectivity index (χ1v) is 27.0. The number of amides is 1. The van der Waals surface area contributed by atoms with Crippen molar-refractivity contribution < 1.29 is 28.2 Å². The van der Waals surface area contributed by atoms with Crippen LogP contribution >= 0.6 is 0 Å². The lowest BCUT2D eigenvalue weighted by molar-refractivity contribution is 0.0199. The molecule has 0 N–H and O–H groups in total. The second-order valence-electron chi connectivity index (χ2n) is 20.8. The van der Waals surface area contributed by atoms with Crippen molar-refractivity contribution in [2.45, 2.75) is 84.2 Å². The van der Waals surface area contributed by atoms with Gasteiger partial charge in [0.25, 0.3) is 8.32 Å². The van der Waals surface area contributed by atoms with Crippen molar-refractivity contribution in [3.63, 3.8) is 0 Å². The zero-order valence-corrected chi connectivity index (χ0v) is 42.9. The van der Waals surface area contributed by atoms with E-state index in [1.54, 1.807) is 0 Å². The third kappa shape index (κ3) is 11.3. The minimum absolute atomic E-state index is 0.242. The van der Waals surface area contributed by atoms with Crippen molar-refractivity contribution in [3.8, 4) is 11.8 Å². The Hall–Kier alpha value is -5.99. The van der Waals surface area contributed by atoms with Crippen LogP contribution in [0.1, 0.15) is 64.8 Å². The van der Waals surface area contributed by atoms with Crippen LogP contribution in [-0.4, -0.2) is 118 Å². The molecule has 0 radical (unpaired) electrons. The lowest BCUT2D eigenvalue weighted by Crippen LogP contribution is -2.68. The number of anilines is 2. The molecule has 1 amide bonds. The normalized spacial score (nSPS) is 17.1. The van der Waals surface area contributed by atoms with E-state index < -0.39 is 13.9 Å². The van der Waals surface area contributed by atoms with Gasteiger partial charge in [0.05, 0.1) is 44.7 Å². The van der Waals surface area contributed by atoms with Gasteiger partial charge in [-0.15, -0.1) is 0 Å². The number of nitrogens with zero attached hydrogens (tertiary/aromatic N) is 6. The number of aromatic nitrogens is 2. The van der Waals surface area contributed by atoms with E-state index in [1.807, 2.05) is 43.9 Å². The highest BCUT2D eigenvalue weighted by Gasteiger charge is 2.51. The Bertz CT molecular complexity index is 2630. The summed E-state index contributed by atoms with van der Waals surface area (Å²) in [6.45, 7) is 21.0. The molecular weight excluding hydrogens is 893 g/mol. The van der Waals surface area contributed by atoms with E-state index in [2.05, 4.69) is 145 Å². The summed E-state index contributed by atoms with van der Waals surface area (Å²) in [6, 6.07) is 44.7. The molecule has 1 unspecified atom stereocenters. The number of piperazine rings is 1. The van der Waals surface area contributed by atoms with E-state index in [9.17, 15) is 4.79 Å². The van der Waals surface area contributed by atoms with Crippen LogP contribution in [-0.2, 0) is 33.5 Å². The molecule has 368 valence electrons. The lowest BCUT2D eigenvalue weighted by atomic mass is 10.0. The summed E-state index contributed by atoms with van der Waals surface area (Å²) in [7, 11) is -2.97. The second kappa shape index (κ2) is 21.6. The molecule has 5 aromatic carbocycles. The van der Waals surface area contributed by atoms with E-state index in [-0.39, 0.29) is 17.2 Å². The SMILES string of the molecule is CC(C)(C)OC(=O)N1CCN(c2nc(OCCCN3CCOCC3)nc3c2CCN(c2cc(OCc4ccccc4)cc4ccccc24)C3)C(CO[Si](c2ccccc2)(c2ccccc2)C(C)(C)C)C1. The molecule has 3 aliphatic rings. The van der Waals surface area contributed by atoms with Crippen molar-refractivity contribution in [1.82, 2.24) is 19.8 Å². The van der Waals surface area contributed by atoms with Crippen LogP contribution in [0.3, 0.4) is 0 Å². The minimum Gasteiger partial charge on any atom is -0.489 e. The number of hydrogen-bond acceptors (Lipinski definition) is 11. The highest BCUT2D eigenvalue weighted by Crippen LogP contribution is 2.40. The molecule has 2 fully saturated rings. The number of fused-ring (bicyclic) bond motifs is 2. The number of morpholine rings is 1. The Morgan fingerprint density at radius 1 is 0.757 bits per heavy atom. The van der Waals surface area contributed by atoms with E-state index >= 15 is 0 Å². The number of carbonyl (C=O) groups is 1. The summed E-state index contributed by atoms with van der Waals surface area (Å²) in [6.07, 6.45) is 1.22. The smallest absolute Gasteiger partial charge is 0.410 e. The molecule has 0 spiro atoms. The maximum absolute atomic E-state index is 13.9. The topological polar surface area (TPSA) is 102 Å². The highest BCUT2D eigenvalue weighted by atomic mass is 28.4. The minimum atomic E-state index is -2.97. The fourth-order valence-corrected chi connectivity index (χ4v) is 14.9. The van der Waals surface area contributed by atoms with E-state index in [4.69, 9.17) is 33.3 Å². The largest absolute Gasteiger partial charge is 0.489 e. The maximum atomic E-state index is 13.9. The summed E-state index contributed by atoms with van der Waals surface area (Å²) in [5.74, 6) is 1.67. The first-order chi connectivity index (χ1) is 33.8. The Morgan fingerprint density at radius 3 is 2.11 bits per heavy atom. The quantitative estimate of drug-likeness (QED) is 0.0729. The second-order valence-corrected chi connectivity index (χ2v) is 25.1. The monoisotopic (exact) mass is 963 g/mol. The van der Waals surface area contributed by atoms with Gasteiger partial charge >= 0.3 is 12.1 Å². The zero-order chi connectivity index (χ0) is 48.7. The first-order valence-electron chi connectivity index (χ1n) is 25.1. The van der Waals surface area contributed by atoms with Gasteiger partial charge in [-0.2, -0.15) is 9.97 Å². The Labute approximate surface area is 415 Å². The van der Waals surface area contributed by atoms with Gasteiger partial charge in [-0.05, 0) is 66.0 Å². The molecule has 13 heteroatoms. The number of ether oxygens (including phenoxy) is 4. The maximum Gasteiger partial charge on any atom is 0.410 e. The number of benzene rings is 5. The average molecular weight is 963 g/mol. The zero-order valence-electron chi connectivity index (χ0n) is 41.9. The van der Waals surface area contributed by atoms with Crippen LogP contribution in [0.2, 0.25) is 5.04 Å². The Balaban J connectivity index is 1.08. The van der Waals surface area contributed by atoms with Gasteiger partial charge in [0.1, 0.15) is 23.8 Å². The van der Waals surface area contributed by atoms with Gasteiger partial charge in [-0.3, -0.25) is 4.90 Å². The fraction of sp³-hybridized carbons (Fsp3) is 0.421.